The van der Waals surface area contributed by atoms with Crippen LogP contribution in [0.25, 0.3) is 0 Å². The Balaban J connectivity index is 1.86. The van der Waals surface area contributed by atoms with Gasteiger partial charge in [0.15, 0.2) is 5.78 Å². The van der Waals surface area contributed by atoms with Crippen LogP contribution in [0.5, 0.6) is 0 Å². The highest BCUT2D eigenvalue weighted by Crippen LogP contribution is 2.35. The predicted octanol–water partition coefficient (Wildman–Crippen LogP) is 2.91. The van der Waals surface area contributed by atoms with Crippen molar-refractivity contribution in [2.24, 2.45) is 16.3 Å². The van der Waals surface area contributed by atoms with Crippen molar-refractivity contribution in [2.75, 3.05) is 19.6 Å². The molecule has 1 fully saturated rings. The number of ketones is 1. The fourth-order valence-corrected chi connectivity index (χ4v) is 3.33. The molecular formula is C18H28N2O3. The molecule has 1 saturated heterocycles. The van der Waals surface area contributed by atoms with Crippen molar-refractivity contribution < 1.29 is 14.7 Å². The Labute approximate surface area is 138 Å². The first-order chi connectivity index (χ1) is 10.8. The second kappa shape index (κ2) is 7.28. The normalized spacial score (nSPS) is 22.9. The van der Waals surface area contributed by atoms with Crippen molar-refractivity contribution in [3.63, 3.8) is 0 Å². The number of carbonyl (C=O) groups is 2. The molecular weight excluding hydrogens is 292 g/mol. The van der Waals surface area contributed by atoms with Crippen LogP contribution in [0.3, 0.4) is 0 Å². The minimum Gasteiger partial charge on any atom is -0.511 e. The van der Waals surface area contributed by atoms with Gasteiger partial charge < -0.3 is 10.0 Å². The van der Waals surface area contributed by atoms with E-state index in [4.69, 9.17) is 0 Å². The standard InChI is InChI=1S/C18H28N2O3/c1-4-17(23)20-7-5-13(6-8-20)11-19-12-14-15(21)9-18(2,3)10-16(14)22/h12-13,21H,4-11H2,1-3H3. The topological polar surface area (TPSA) is 70.0 Å². The number of piperidine rings is 1. The first-order valence-electron chi connectivity index (χ1n) is 8.55. The Hall–Kier alpha value is -1.65. The average molecular weight is 320 g/mol. The van der Waals surface area contributed by atoms with Crippen LogP contribution in [0.2, 0.25) is 0 Å². The highest BCUT2D eigenvalue weighted by Gasteiger charge is 2.32. The van der Waals surface area contributed by atoms with Crippen molar-refractivity contribution in [3.8, 4) is 0 Å². The number of nitrogens with zero attached hydrogens (tertiary/aromatic N) is 2. The number of hydrogen-bond donors (Lipinski definition) is 1. The van der Waals surface area contributed by atoms with Crippen molar-refractivity contribution in [1.29, 1.82) is 0 Å². The Kier molecular flexibility index (Phi) is 5.60. The van der Waals surface area contributed by atoms with Crippen molar-refractivity contribution >= 4 is 17.9 Å². The molecule has 0 saturated carbocycles. The van der Waals surface area contributed by atoms with Gasteiger partial charge >= 0.3 is 0 Å². The van der Waals surface area contributed by atoms with E-state index in [0.717, 1.165) is 25.9 Å². The van der Waals surface area contributed by atoms with E-state index in [9.17, 15) is 14.7 Å². The first kappa shape index (κ1) is 17.7. The molecule has 1 aliphatic heterocycles. The molecule has 2 aliphatic rings. The molecule has 1 aliphatic carbocycles. The number of hydrogen-bond acceptors (Lipinski definition) is 4. The summed E-state index contributed by atoms with van der Waals surface area (Å²) in [4.78, 5) is 30.1. The van der Waals surface area contributed by atoms with Crippen LogP contribution in [0.15, 0.2) is 16.3 Å². The van der Waals surface area contributed by atoms with Crippen LogP contribution in [0.1, 0.15) is 52.9 Å². The summed E-state index contributed by atoms with van der Waals surface area (Å²) in [5.74, 6) is 0.812. The SMILES string of the molecule is CCC(=O)N1CCC(CN=CC2=C(O)CC(C)(C)CC2=O)CC1. The molecule has 0 aromatic rings. The number of likely N-dealkylation sites (tertiary alicyclic amines) is 1. The Morgan fingerprint density at radius 3 is 2.57 bits per heavy atom. The lowest BCUT2D eigenvalue weighted by Crippen LogP contribution is -2.38. The summed E-state index contributed by atoms with van der Waals surface area (Å²) in [6.07, 6.45) is 5.00. The van der Waals surface area contributed by atoms with E-state index in [1.165, 1.54) is 0 Å². The Bertz CT molecular complexity index is 526. The van der Waals surface area contributed by atoms with Gasteiger partial charge in [0.25, 0.3) is 0 Å². The fraction of sp³-hybridized carbons (Fsp3) is 0.722. The molecule has 0 bridgehead atoms. The van der Waals surface area contributed by atoms with Crippen molar-refractivity contribution in [2.45, 2.75) is 52.9 Å². The van der Waals surface area contributed by atoms with Gasteiger partial charge in [-0.15, -0.1) is 0 Å². The van der Waals surface area contributed by atoms with E-state index in [0.29, 0.717) is 37.3 Å². The highest BCUT2D eigenvalue weighted by atomic mass is 16.3. The number of carbonyl (C=O) groups excluding carboxylic acids is 2. The minimum atomic E-state index is -0.169. The van der Waals surface area contributed by atoms with Gasteiger partial charge in [-0.3, -0.25) is 14.6 Å². The molecule has 23 heavy (non-hydrogen) atoms. The molecule has 128 valence electrons. The lowest BCUT2D eigenvalue weighted by atomic mass is 9.77. The van der Waals surface area contributed by atoms with E-state index in [2.05, 4.69) is 4.99 Å². The third kappa shape index (κ3) is 4.66. The Morgan fingerprint density at radius 2 is 2.00 bits per heavy atom. The smallest absolute Gasteiger partial charge is 0.222 e. The molecule has 5 heteroatoms. The van der Waals surface area contributed by atoms with Crippen molar-refractivity contribution in [1.82, 2.24) is 4.90 Å². The molecule has 5 nitrogen and oxygen atoms in total. The number of aliphatic imine (C=N–C) groups is 1. The van der Waals surface area contributed by atoms with Gasteiger partial charge in [-0.1, -0.05) is 20.8 Å². The lowest BCUT2D eigenvalue weighted by molar-refractivity contribution is -0.132. The summed E-state index contributed by atoms with van der Waals surface area (Å²) in [6, 6.07) is 0. The number of amides is 1. The molecule has 0 aromatic carbocycles. The highest BCUT2D eigenvalue weighted by molar-refractivity contribution is 6.14. The maximum Gasteiger partial charge on any atom is 0.222 e. The summed E-state index contributed by atoms with van der Waals surface area (Å²) in [6.45, 7) is 8.12. The summed E-state index contributed by atoms with van der Waals surface area (Å²) >= 11 is 0. The summed E-state index contributed by atoms with van der Waals surface area (Å²) in [5.41, 5.74) is 0.208. The van der Waals surface area contributed by atoms with Gasteiger partial charge in [0.1, 0.15) is 5.76 Å². The number of aliphatic hydroxyl groups is 1. The largest absolute Gasteiger partial charge is 0.511 e. The monoisotopic (exact) mass is 320 g/mol. The third-order valence-corrected chi connectivity index (χ3v) is 4.75. The van der Waals surface area contributed by atoms with Crippen molar-refractivity contribution in [3.05, 3.63) is 11.3 Å². The predicted molar refractivity (Wildman–Crippen MR) is 90.6 cm³/mol. The summed E-state index contributed by atoms with van der Waals surface area (Å²) < 4.78 is 0. The van der Waals surface area contributed by atoms with Gasteiger partial charge in [0.05, 0.1) is 5.57 Å². The van der Waals surface area contributed by atoms with Crippen LogP contribution < -0.4 is 0 Å². The quantitative estimate of drug-likeness (QED) is 0.810. The lowest BCUT2D eigenvalue weighted by Gasteiger charge is -2.31. The minimum absolute atomic E-state index is 0.0224. The molecule has 0 spiro atoms. The van der Waals surface area contributed by atoms with Crippen LogP contribution >= 0.6 is 0 Å². The van der Waals surface area contributed by atoms with Gasteiger partial charge in [-0.25, -0.2) is 0 Å². The van der Waals surface area contributed by atoms with Gasteiger partial charge in [-0.05, 0) is 24.2 Å². The zero-order valence-electron chi connectivity index (χ0n) is 14.5. The first-order valence-corrected chi connectivity index (χ1v) is 8.55. The van der Waals surface area contributed by atoms with E-state index in [-0.39, 0.29) is 22.9 Å². The molecule has 0 unspecified atom stereocenters. The molecule has 1 amide bonds. The molecule has 0 radical (unpaired) electrons. The zero-order valence-corrected chi connectivity index (χ0v) is 14.5. The van der Waals surface area contributed by atoms with Crippen LogP contribution in [0, 0.1) is 11.3 Å². The maximum atomic E-state index is 12.1. The number of rotatable bonds is 4. The Morgan fingerprint density at radius 1 is 1.35 bits per heavy atom. The molecule has 1 heterocycles. The van der Waals surface area contributed by atoms with Crippen LogP contribution in [-0.4, -0.2) is 47.5 Å². The summed E-state index contributed by atoms with van der Waals surface area (Å²) in [5, 5.41) is 10.1. The molecule has 0 atom stereocenters. The van der Waals surface area contributed by atoms with E-state index < -0.39 is 0 Å². The van der Waals surface area contributed by atoms with Crippen LogP contribution in [-0.2, 0) is 9.59 Å². The average Bonchev–Trinajstić information content (AvgIpc) is 2.49. The maximum absolute atomic E-state index is 12.1. The second-order valence-corrected chi connectivity index (χ2v) is 7.47. The fourth-order valence-electron chi connectivity index (χ4n) is 3.33. The number of Topliss-reactive ketones (excluding diaryl/α,β-unsaturated/α-hetero) is 1. The second-order valence-electron chi connectivity index (χ2n) is 7.47. The third-order valence-electron chi connectivity index (χ3n) is 4.75. The van der Waals surface area contributed by atoms with Crippen LogP contribution in [0.4, 0.5) is 0 Å². The van der Waals surface area contributed by atoms with E-state index in [1.807, 2.05) is 25.7 Å². The van der Waals surface area contributed by atoms with E-state index in [1.54, 1.807) is 6.21 Å². The zero-order chi connectivity index (χ0) is 17.0. The van der Waals surface area contributed by atoms with Gasteiger partial charge in [0.2, 0.25) is 5.91 Å². The van der Waals surface area contributed by atoms with E-state index >= 15 is 0 Å². The number of allylic oxidation sites excluding steroid dienone is 2. The molecule has 0 aromatic heterocycles. The number of aliphatic hydroxyl groups excluding tert-OH is 1. The van der Waals surface area contributed by atoms with Gasteiger partial charge in [0, 0.05) is 45.1 Å². The molecule has 1 N–H and O–H groups in total. The molecule has 2 rings (SSSR count). The van der Waals surface area contributed by atoms with Gasteiger partial charge in [-0.2, -0.15) is 0 Å². The summed E-state index contributed by atoms with van der Waals surface area (Å²) in [7, 11) is 0.